The zero-order valence-corrected chi connectivity index (χ0v) is 20.9. The molecule has 0 bridgehead atoms. The van der Waals surface area contributed by atoms with Gasteiger partial charge in [0.1, 0.15) is 21.8 Å². The average molecular weight is 611 g/mol. The van der Waals surface area contributed by atoms with Crippen molar-refractivity contribution < 1.29 is 24.2 Å². The Kier molecular flexibility index (Phi) is 4.86. The molecule has 2 aromatic carbocycles. The molecular weight excluding hydrogens is 596 g/mol. The molecule has 0 fully saturated rings. The largest absolute Gasteiger partial charge is 0.478 e. The minimum absolute atomic E-state index is 0.0856. The van der Waals surface area contributed by atoms with E-state index in [0.29, 0.717) is 22.8 Å². The van der Waals surface area contributed by atoms with Crippen molar-refractivity contribution in [1.29, 1.82) is 0 Å². The van der Waals surface area contributed by atoms with Gasteiger partial charge >= 0.3 is 0 Å². The number of hydrogen-bond acceptors (Lipinski definition) is 5. The standard InChI is InChI=1S/C23H15Br3O5/c1-11(27)9-22(29)21(28)19(26)20-16(8-12-6-14(24)2-4-17(12)30-20)23(22)10-13-7-15(25)3-5-18(13)31-23/h2-8,29H,9-10H2,1H3/t22-,23-/m0/s1. The highest BCUT2D eigenvalue weighted by molar-refractivity contribution is 9.12. The zero-order chi connectivity index (χ0) is 22.1. The van der Waals surface area contributed by atoms with Gasteiger partial charge in [-0.2, -0.15) is 0 Å². The lowest BCUT2D eigenvalue weighted by molar-refractivity contribution is -0.160. The van der Waals surface area contributed by atoms with Crippen LogP contribution in [0.2, 0.25) is 0 Å². The van der Waals surface area contributed by atoms with Crippen molar-refractivity contribution >= 4 is 65.4 Å². The number of ether oxygens (including phenoxy) is 2. The molecule has 1 N–H and O–H groups in total. The maximum atomic E-state index is 13.5. The van der Waals surface area contributed by atoms with Gasteiger partial charge in [0, 0.05) is 32.9 Å². The Morgan fingerprint density at radius 2 is 1.77 bits per heavy atom. The molecule has 2 aliphatic heterocycles. The second kappa shape index (κ2) is 7.13. The van der Waals surface area contributed by atoms with Crippen molar-refractivity contribution in [3.8, 4) is 11.5 Å². The van der Waals surface area contributed by atoms with Gasteiger partial charge in [-0.3, -0.25) is 9.59 Å². The van der Waals surface area contributed by atoms with Gasteiger partial charge in [-0.25, -0.2) is 0 Å². The van der Waals surface area contributed by atoms with Gasteiger partial charge in [0.25, 0.3) is 0 Å². The Morgan fingerprint density at radius 3 is 2.48 bits per heavy atom. The number of rotatable bonds is 2. The second-order valence-electron chi connectivity index (χ2n) is 7.91. The molecule has 2 aromatic rings. The van der Waals surface area contributed by atoms with Crippen molar-refractivity contribution in [3.63, 3.8) is 0 Å². The molecule has 2 heterocycles. The number of hydrogen-bond donors (Lipinski definition) is 1. The van der Waals surface area contributed by atoms with Crippen LogP contribution in [0.5, 0.6) is 11.5 Å². The van der Waals surface area contributed by atoms with Crippen LogP contribution in [0.1, 0.15) is 24.5 Å². The molecule has 0 saturated heterocycles. The number of aliphatic hydroxyl groups is 1. The van der Waals surface area contributed by atoms with E-state index in [-0.39, 0.29) is 23.1 Å². The maximum Gasteiger partial charge on any atom is 0.210 e. The molecule has 1 aliphatic carbocycles. The highest BCUT2D eigenvalue weighted by atomic mass is 79.9. The lowest BCUT2D eigenvalue weighted by Gasteiger charge is -2.48. The summed E-state index contributed by atoms with van der Waals surface area (Å²) in [7, 11) is 0. The van der Waals surface area contributed by atoms with Gasteiger partial charge in [-0.15, -0.1) is 0 Å². The van der Waals surface area contributed by atoms with Gasteiger partial charge in [0.05, 0.1) is 0 Å². The lowest BCUT2D eigenvalue weighted by atomic mass is 9.65. The van der Waals surface area contributed by atoms with E-state index in [2.05, 4.69) is 47.8 Å². The molecule has 0 aromatic heterocycles. The Bertz CT molecular complexity index is 1250. The first-order chi connectivity index (χ1) is 14.6. The summed E-state index contributed by atoms with van der Waals surface area (Å²) >= 11 is 10.3. The summed E-state index contributed by atoms with van der Waals surface area (Å²) in [5, 5.41) is 11.8. The summed E-state index contributed by atoms with van der Waals surface area (Å²) in [6.07, 6.45) is 1.68. The van der Waals surface area contributed by atoms with Crippen LogP contribution in [0.3, 0.4) is 0 Å². The van der Waals surface area contributed by atoms with Crippen LogP contribution in [-0.4, -0.2) is 27.9 Å². The number of ketones is 2. The predicted molar refractivity (Wildman–Crippen MR) is 125 cm³/mol. The van der Waals surface area contributed by atoms with Crippen LogP contribution in [0, 0.1) is 0 Å². The van der Waals surface area contributed by atoms with E-state index in [4.69, 9.17) is 9.47 Å². The molecule has 0 radical (unpaired) electrons. The minimum atomic E-state index is -2.11. The number of carbonyl (C=O) groups is 2. The molecule has 2 atom stereocenters. The summed E-state index contributed by atoms with van der Waals surface area (Å²) in [6.45, 7) is 1.35. The van der Waals surface area contributed by atoms with E-state index in [0.717, 1.165) is 20.1 Å². The fourth-order valence-electron chi connectivity index (χ4n) is 4.51. The van der Waals surface area contributed by atoms with Crippen LogP contribution < -0.4 is 9.47 Å². The summed E-state index contributed by atoms with van der Waals surface area (Å²) < 4.78 is 14.3. The molecule has 5 rings (SSSR count). The summed E-state index contributed by atoms with van der Waals surface area (Å²) in [5.74, 6) is 0.468. The quantitative estimate of drug-likeness (QED) is 0.502. The number of fused-ring (bicyclic) bond motifs is 4. The first-order valence-corrected chi connectivity index (χ1v) is 11.9. The Balaban J connectivity index is 1.80. The maximum absolute atomic E-state index is 13.5. The Morgan fingerprint density at radius 1 is 1.10 bits per heavy atom. The Labute approximate surface area is 203 Å². The molecule has 3 aliphatic rings. The molecule has 0 unspecified atom stereocenters. The second-order valence-corrected chi connectivity index (χ2v) is 10.5. The van der Waals surface area contributed by atoms with Crippen molar-refractivity contribution in [1.82, 2.24) is 0 Å². The van der Waals surface area contributed by atoms with E-state index in [1.807, 2.05) is 30.3 Å². The molecular formula is C23H15Br3O5. The molecule has 1 spiro atoms. The van der Waals surface area contributed by atoms with Crippen LogP contribution in [0.25, 0.3) is 6.08 Å². The number of benzene rings is 2. The number of halogens is 3. The Hall–Kier alpha value is -1.74. The van der Waals surface area contributed by atoms with Crippen LogP contribution in [-0.2, 0) is 16.0 Å². The summed E-state index contributed by atoms with van der Waals surface area (Å²) in [6, 6.07) is 11.0. The fourth-order valence-corrected chi connectivity index (χ4v) is 5.92. The minimum Gasteiger partial charge on any atom is -0.478 e. The molecule has 0 amide bonds. The molecule has 8 heteroatoms. The van der Waals surface area contributed by atoms with Crippen molar-refractivity contribution in [2.45, 2.75) is 31.0 Å². The number of Topliss-reactive ketones (excluding diaryl/α,β-unsaturated/α-hetero) is 2. The van der Waals surface area contributed by atoms with Gasteiger partial charge in [-0.1, -0.05) is 31.9 Å². The van der Waals surface area contributed by atoms with Gasteiger partial charge in [0.2, 0.25) is 5.78 Å². The van der Waals surface area contributed by atoms with Gasteiger partial charge < -0.3 is 14.6 Å². The van der Waals surface area contributed by atoms with E-state index < -0.39 is 17.0 Å². The van der Waals surface area contributed by atoms with E-state index in [1.165, 1.54) is 6.92 Å². The van der Waals surface area contributed by atoms with Crippen molar-refractivity contribution in [2.75, 3.05) is 0 Å². The third-order valence-electron chi connectivity index (χ3n) is 5.86. The normalized spacial score (nSPS) is 26.0. The zero-order valence-electron chi connectivity index (χ0n) is 16.2. The van der Waals surface area contributed by atoms with E-state index in [9.17, 15) is 14.7 Å². The van der Waals surface area contributed by atoms with Gasteiger partial charge in [0.15, 0.2) is 17.0 Å². The van der Waals surface area contributed by atoms with E-state index >= 15 is 0 Å². The lowest BCUT2D eigenvalue weighted by Crippen LogP contribution is -2.66. The van der Waals surface area contributed by atoms with Crippen LogP contribution in [0.15, 0.2) is 61.2 Å². The first-order valence-electron chi connectivity index (χ1n) is 9.48. The highest BCUT2D eigenvalue weighted by Crippen LogP contribution is 2.56. The third kappa shape index (κ3) is 3.03. The molecule has 0 saturated carbocycles. The fraction of sp³-hybridized carbons (Fsp3) is 0.217. The van der Waals surface area contributed by atoms with Gasteiger partial charge in [-0.05, 0) is 70.9 Å². The van der Waals surface area contributed by atoms with Crippen molar-refractivity contribution in [3.05, 3.63) is 72.3 Å². The van der Waals surface area contributed by atoms with Crippen LogP contribution in [0.4, 0.5) is 0 Å². The SMILES string of the molecule is CC(=O)C[C@]1(O)C(=O)C(Br)=C2Oc3ccc(Br)cc3C=C2[C@@]12Cc1cc(Br)ccc1O2. The topological polar surface area (TPSA) is 72.8 Å². The number of carbonyl (C=O) groups excluding carboxylic acids is 2. The smallest absolute Gasteiger partial charge is 0.210 e. The van der Waals surface area contributed by atoms with E-state index in [1.54, 1.807) is 12.1 Å². The first kappa shape index (κ1) is 21.1. The summed E-state index contributed by atoms with van der Waals surface area (Å²) in [5.41, 5.74) is -1.51. The predicted octanol–water partition coefficient (Wildman–Crippen LogP) is 5.26. The van der Waals surface area contributed by atoms with Crippen molar-refractivity contribution in [2.24, 2.45) is 0 Å². The molecule has 31 heavy (non-hydrogen) atoms. The molecule has 158 valence electrons. The highest BCUT2D eigenvalue weighted by Gasteiger charge is 2.67. The average Bonchev–Trinajstić information content (AvgIpc) is 3.10. The summed E-state index contributed by atoms with van der Waals surface area (Å²) in [4.78, 5) is 25.6. The third-order valence-corrected chi connectivity index (χ3v) is 7.56. The molecule has 5 nitrogen and oxygen atoms in total. The monoisotopic (exact) mass is 608 g/mol. The van der Waals surface area contributed by atoms with Crippen LogP contribution >= 0.6 is 47.8 Å².